The topological polar surface area (TPSA) is 55.9 Å². The SMILES string of the molecule is COc1cc(C)c2c(Oc3cccc(C(F)(F)F)c3)c(OC)cc(N3C=CC=CN3)c2n1. The first-order chi connectivity index (χ1) is 15.3. The van der Waals surface area contributed by atoms with E-state index in [1.54, 1.807) is 29.5 Å². The van der Waals surface area contributed by atoms with Crippen molar-refractivity contribution < 1.29 is 27.4 Å². The van der Waals surface area contributed by atoms with E-state index in [9.17, 15) is 13.2 Å². The van der Waals surface area contributed by atoms with Crippen LogP contribution in [0.4, 0.5) is 18.9 Å². The summed E-state index contributed by atoms with van der Waals surface area (Å²) in [6, 6.07) is 8.12. The maximum atomic E-state index is 13.2. The zero-order valence-corrected chi connectivity index (χ0v) is 17.5. The Morgan fingerprint density at radius 1 is 1.03 bits per heavy atom. The van der Waals surface area contributed by atoms with Crippen molar-refractivity contribution in [2.24, 2.45) is 0 Å². The van der Waals surface area contributed by atoms with Gasteiger partial charge in [0.1, 0.15) is 11.3 Å². The number of allylic oxidation sites excluding steroid dienone is 2. The van der Waals surface area contributed by atoms with Gasteiger partial charge >= 0.3 is 6.18 Å². The number of rotatable bonds is 5. The number of aryl methyl sites for hydroxylation is 1. The summed E-state index contributed by atoms with van der Waals surface area (Å²) >= 11 is 0. The smallest absolute Gasteiger partial charge is 0.416 e. The minimum atomic E-state index is -4.49. The molecule has 1 aliphatic heterocycles. The first kappa shape index (κ1) is 21.4. The van der Waals surface area contributed by atoms with E-state index < -0.39 is 11.7 Å². The maximum Gasteiger partial charge on any atom is 0.416 e. The molecule has 0 spiro atoms. The molecule has 32 heavy (non-hydrogen) atoms. The van der Waals surface area contributed by atoms with Crippen molar-refractivity contribution in [3.63, 3.8) is 0 Å². The number of ether oxygens (including phenoxy) is 3. The lowest BCUT2D eigenvalue weighted by Gasteiger charge is -2.25. The number of alkyl halides is 3. The number of hydrogen-bond acceptors (Lipinski definition) is 6. The minimum absolute atomic E-state index is 0.0290. The first-order valence-corrected chi connectivity index (χ1v) is 9.62. The van der Waals surface area contributed by atoms with Gasteiger partial charge in [0.15, 0.2) is 11.5 Å². The highest BCUT2D eigenvalue weighted by molar-refractivity contribution is 6.00. The van der Waals surface area contributed by atoms with Gasteiger partial charge in [0.05, 0.1) is 30.9 Å². The molecule has 3 aromatic rings. The summed E-state index contributed by atoms with van der Waals surface area (Å²) < 4.78 is 56.4. The molecule has 0 radical (unpaired) electrons. The number of anilines is 1. The van der Waals surface area contributed by atoms with Crippen molar-refractivity contribution in [1.82, 2.24) is 10.4 Å². The highest BCUT2D eigenvalue weighted by Gasteiger charge is 2.31. The number of hydrogen-bond donors (Lipinski definition) is 1. The summed E-state index contributed by atoms with van der Waals surface area (Å²) in [6.07, 6.45) is 2.74. The Hall–Kier alpha value is -3.88. The lowest BCUT2D eigenvalue weighted by Crippen LogP contribution is -2.30. The third-order valence-corrected chi connectivity index (χ3v) is 4.88. The number of halogens is 3. The number of benzene rings is 2. The maximum absolute atomic E-state index is 13.2. The molecule has 1 aliphatic rings. The average molecular weight is 443 g/mol. The number of nitrogens with one attached hydrogen (secondary N) is 1. The van der Waals surface area contributed by atoms with Gasteiger partial charge in [-0.25, -0.2) is 4.98 Å². The van der Waals surface area contributed by atoms with Gasteiger partial charge in [-0.1, -0.05) is 6.07 Å². The molecule has 9 heteroatoms. The lowest BCUT2D eigenvalue weighted by molar-refractivity contribution is -0.137. The van der Waals surface area contributed by atoms with Crippen LogP contribution in [0.5, 0.6) is 23.1 Å². The second-order valence-corrected chi connectivity index (χ2v) is 6.96. The van der Waals surface area contributed by atoms with E-state index in [1.165, 1.54) is 26.4 Å². The van der Waals surface area contributed by atoms with Crippen molar-refractivity contribution in [2.75, 3.05) is 19.2 Å². The van der Waals surface area contributed by atoms with Crippen LogP contribution in [0.1, 0.15) is 11.1 Å². The third-order valence-electron chi connectivity index (χ3n) is 4.88. The van der Waals surface area contributed by atoms with Crippen molar-refractivity contribution >= 4 is 16.6 Å². The van der Waals surface area contributed by atoms with Crippen molar-refractivity contribution in [3.05, 3.63) is 72.1 Å². The van der Waals surface area contributed by atoms with Crippen LogP contribution in [0.25, 0.3) is 10.9 Å². The van der Waals surface area contributed by atoms with Crippen LogP contribution in [-0.4, -0.2) is 19.2 Å². The molecule has 4 rings (SSSR count). The number of nitrogens with zero attached hydrogens (tertiary/aromatic N) is 2. The van der Waals surface area contributed by atoms with E-state index in [0.717, 1.165) is 17.7 Å². The molecule has 0 unspecified atom stereocenters. The Kier molecular flexibility index (Phi) is 5.56. The summed E-state index contributed by atoms with van der Waals surface area (Å²) in [5, 5.41) is 2.33. The highest BCUT2D eigenvalue weighted by atomic mass is 19.4. The summed E-state index contributed by atoms with van der Waals surface area (Å²) in [7, 11) is 2.98. The zero-order valence-electron chi connectivity index (χ0n) is 17.5. The quantitative estimate of drug-likeness (QED) is 0.544. The molecule has 0 aliphatic carbocycles. The van der Waals surface area contributed by atoms with Gasteiger partial charge in [-0.3, -0.25) is 5.01 Å². The lowest BCUT2D eigenvalue weighted by atomic mass is 10.1. The second kappa shape index (κ2) is 8.33. The normalized spacial score (nSPS) is 13.2. The van der Waals surface area contributed by atoms with Gasteiger partial charge in [0, 0.05) is 24.5 Å². The molecule has 2 aromatic carbocycles. The molecule has 2 heterocycles. The fraction of sp³-hybridized carbons (Fsp3) is 0.174. The fourth-order valence-corrected chi connectivity index (χ4v) is 3.40. The monoisotopic (exact) mass is 443 g/mol. The van der Waals surface area contributed by atoms with Crippen LogP contribution < -0.4 is 24.6 Å². The number of aromatic nitrogens is 1. The Morgan fingerprint density at radius 3 is 2.50 bits per heavy atom. The van der Waals surface area contributed by atoms with E-state index in [1.807, 2.05) is 19.1 Å². The molecular weight excluding hydrogens is 423 g/mol. The van der Waals surface area contributed by atoms with E-state index in [2.05, 4.69) is 10.4 Å². The summed E-state index contributed by atoms with van der Waals surface area (Å²) in [5.41, 5.74) is 4.22. The number of hydrazine groups is 1. The molecule has 1 N–H and O–H groups in total. The first-order valence-electron chi connectivity index (χ1n) is 9.62. The van der Waals surface area contributed by atoms with Crippen LogP contribution >= 0.6 is 0 Å². The largest absolute Gasteiger partial charge is 0.493 e. The summed E-state index contributed by atoms with van der Waals surface area (Å²) in [4.78, 5) is 4.59. The minimum Gasteiger partial charge on any atom is -0.493 e. The molecule has 0 saturated heterocycles. The average Bonchev–Trinajstić information content (AvgIpc) is 2.79. The molecule has 0 amide bonds. The van der Waals surface area contributed by atoms with Gasteiger partial charge in [0.25, 0.3) is 0 Å². The van der Waals surface area contributed by atoms with Gasteiger partial charge in [0.2, 0.25) is 5.88 Å². The Labute approximate surface area is 182 Å². The fourth-order valence-electron chi connectivity index (χ4n) is 3.40. The van der Waals surface area contributed by atoms with E-state index >= 15 is 0 Å². The Bertz CT molecular complexity index is 1220. The van der Waals surface area contributed by atoms with Crippen LogP contribution in [0.15, 0.2) is 61.0 Å². The molecule has 0 bridgehead atoms. The molecule has 0 fully saturated rings. The van der Waals surface area contributed by atoms with Crippen molar-refractivity contribution in [2.45, 2.75) is 13.1 Å². The summed E-state index contributed by atoms with van der Waals surface area (Å²) in [6.45, 7) is 1.84. The third kappa shape index (κ3) is 4.01. The van der Waals surface area contributed by atoms with Crippen LogP contribution in [0.2, 0.25) is 0 Å². The van der Waals surface area contributed by atoms with E-state index in [0.29, 0.717) is 28.2 Å². The molecular formula is C23H20F3N3O3. The van der Waals surface area contributed by atoms with Gasteiger partial charge in [-0.2, -0.15) is 13.2 Å². The van der Waals surface area contributed by atoms with Crippen LogP contribution in [0, 0.1) is 6.92 Å². The molecule has 166 valence electrons. The van der Waals surface area contributed by atoms with Crippen LogP contribution in [-0.2, 0) is 6.18 Å². The van der Waals surface area contributed by atoms with Crippen LogP contribution in [0.3, 0.4) is 0 Å². The molecule has 6 nitrogen and oxygen atoms in total. The van der Waals surface area contributed by atoms with Gasteiger partial charge < -0.3 is 19.6 Å². The predicted molar refractivity (Wildman–Crippen MR) is 115 cm³/mol. The standard InChI is InChI=1S/C23H20F3N3O3/c1-14-11-19(31-3)28-21-17(29-10-5-4-9-27-29)13-18(30-2)22(20(14)21)32-16-8-6-7-15(12-16)23(24,25)26/h4-13,27H,1-3H3. The van der Waals surface area contributed by atoms with E-state index in [-0.39, 0.29) is 11.5 Å². The molecule has 0 atom stereocenters. The molecule has 0 saturated carbocycles. The van der Waals surface area contributed by atoms with Gasteiger partial charge in [-0.15, -0.1) is 0 Å². The Morgan fingerprint density at radius 2 is 1.84 bits per heavy atom. The van der Waals surface area contributed by atoms with Crippen molar-refractivity contribution in [3.8, 4) is 23.1 Å². The molecule has 1 aromatic heterocycles. The van der Waals surface area contributed by atoms with Crippen molar-refractivity contribution in [1.29, 1.82) is 0 Å². The second-order valence-electron chi connectivity index (χ2n) is 6.96. The van der Waals surface area contributed by atoms with Gasteiger partial charge in [-0.05, 0) is 42.8 Å². The zero-order chi connectivity index (χ0) is 22.9. The highest BCUT2D eigenvalue weighted by Crippen LogP contribution is 2.45. The van der Waals surface area contributed by atoms with E-state index in [4.69, 9.17) is 14.2 Å². The predicted octanol–water partition coefficient (Wildman–Crippen LogP) is 5.72. The Balaban J connectivity index is 1.93. The number of methoxy groups -OCH3 is 2. The number of fused-ring (bicyclic) bond motifs is 1. The summed E-state index contributed by atoms with van der Waals surface area (Å²) in [5.74, 6) is 1.02. The number of pyridine rings is 1.